The monoisotopic (exact) mass is 290 g/mol. The lowest BCUT2D eigenvalue weighted by Crippen LogP contribution is -2.24. The highest BCUT2D eigenvalue weighted by atomic mass is 19.1. The van der Waals surface area contributed by atoms with E-state index in [2.05, 4.69) is 29.2 Å². The number of benzene rings is 1. The maximum atomic E-state index is 13.1. The second kappa shape index (κ2) is 7.88. The fourth-order valence-corrected chi connectivity index (χ4v) is 2.43. The van der Waals surface area contributed by atoms with Crippen molar-refractivity contribution in [3.05, 3.63) is 47.8 Å². The summed E-state index contributed by atoms with van der Waals surface area (Å²) in [4.78, 5) is 4.35. The molecule has 1 aromatic carbocycles. The second-order valence-electron chi connectivity index (χ2n) is 5.15. The Morgan fingerprint density at radius 1 is 1.24 bits per heavy atom. The Kier molecular flexibility index (Phi) is 5.87. The van der Waals surface area contributed by atoms with E-state index < -0.39 is 0 Å². The van der Waals surface area contributed by atoms with Crippen molar-refractivity contribution in [1.29, 1.82) is 0 Å². The van der Waals surface area contributed by atoms with Gasteiger partial charge in [0.15, 0.2) is 0 Å². The molecule has 1 unspecified atom stereocenters. The van der Waals surface area contributed by atoms with Gasteiger partial charge in [0.1, 0.15) is 18.0 Å². The smallest absolute Gasteiger partial charge is 0.138 e. The minimum atomic E-state index is -0.198. The molecule has 2 rings (SSSR count). The zero-order chi connectivity index (χ0) is 15.1. The molecule has 21 heavy (non-hydrogen) atoms. The summed E-state index contributed by atoms with van der Waals surface area (Å²) in [5, 5.41) is 7.66. The van der Waals surface area contributed by atoms with E-state index >= 15 is 0 Å². The molecule has 0 spiro atoms. The van der Waals surface area contributed by atoms with Crippen molar-refractivity contribution >= 4 is 0 Å². The van der Waals surface area contributed by atoms with Gasteiger partial charge in [-0.1, -0.05) is 19.1 Å². The molecule has 4 nitrogen and oxygen atoms in total. The van der Waals surface area contributed by atoms with Crippen LogP contribution < -0.4 is 5.32 Å². The minimum Gasteiger partial charge on any atom is -0.316 e. The van der Waals surface area contributed by atoms with Crippen molar-refractivity contribution in [2.75, 3.05) is 13.1 Å². The van der Waals surface area contributed by atoms with E-state index in [1.807, 2.05) is 16.8 Å². The number of hydrogen-bond acceptors (Lipinski definition) is 3. The van der Waals surface area contributed by atoms with Crippen LogP contribution in [0.1, 0.15) is 37.6 Å². The van der Waals surface area contributed by atoms with E-state index in [0.717, 1.165) is 43.9 Å². The van der Waals surface area contributed by atoms with Gasteiger partial charge in [-0.15, -0.1) is 0 Å². The largest absolute Gasteiger partial charge is 0.316 e. The van der Waals surface area contributed by atoms with E-state index in [1.54, 1.807) is 6.33 Å². The van der Waals surface area contributed by atoms with E-state index in [0.29, 0.717) is 0 Å². The van der Waals surface area contributed by atoms with Gasteiger partial charge in [-0.3, -0.25) is 4.68 Å². The summed E-state index contributed by atoms with van der Waals surface area (Å²) in [5.74, 6) is 1.05. The molecule has 0 fully saturated rings. The average Bonchev–Trinajstić information content (AvgIpc) is 2.94. The van der Waals surface area contributed by atoms with Crippen molar-refractivity contribution in [2.45, 2.75) is 39.2 Å². The summed E-state index contributed by atoms with van der Waals surface area (Å²) in [6.07, 6.45) is 3.50. The van der Waals surface area contributed by atoms with Crippen LogP contribution in [-0.4, -0.2) is 27.9 Å². The third-order valence-electron chi connectivity index (χ3n) is 3.58. The van der Waals surface area contributed by atoms with E-state index in [9.17, 15) is 4.39 Å². The molecule has 2 aromatic rings. The van der Waals surface area contributed by atoms with Gasteiger partial charge in [0, 0.05) is 25.4 Å². The van der Waals surface area contributed by atoms with Crippen molar-refractivity contribution in [1.82, 2.24) is 20.1 Å². The zero-order valence-electron chi connectivity index (χ0n) is 12.7. The summed E-state index contributed by atoms with van der Waals surface area (Å²) >= 11 is 0. The normalized spacial score (nSPS) is 12.5. The highest BCUT2D eigenvalue weighted by Crippen LogP contribution is 2.20. The van der Waals surface area contributed by atoms with Crippen molar-refractivity contribution < 1.29 is 4.39 Å². The number of hydrogen-bond donors (Lipinski definition) is 1. The lowest BCUT2D eigenvalue weighted by Gasteiger charge is -2.18. The molecular formula is C16H23FN4. The van der Waals surface area contributed by atoms with Crippen molar-refractivity contribution in [3.8, 4) is 0 Å². The first kappa shape index (κ1) is 15.6. The molecule has 1 heterocycles. The summed E-state index contributed by atoms with van der Waals surface area (Å²) in [6.45, 7) is 6.86. The molecule has 0 bridgehead atoms. The summed E-state index contributed by atoms with van der Waals surface area (Å²) in [5.41, 5.74) is 1.13. The first-order chi connectivity index (χ1) is 10.2. The van der Waals surface area contributed by atoms with Gasteiger partial charge in [0.2, 0.25) is 0 Å². The average molecular weight is 290 g/mol. The van der Waals surface area contributed by atoms with Crippen LogP contribution in [0.3, 0.4) is 0 Å². The van der Waals surface area contributed by atoms with E-state index in [1.165, 1.54) is 12.1 Å². The summed E-state index contributed by atoms with van der Waals surface area (Å²) < 4.78 is 15.0. The second-order valence-corrected chi connectivity index (χ2v) is 5.15. The van der Waals surface area contributed by atoms with Crippen LogP contribution in [0.4, 0.5) is 4.39 Å². The number of nitrogens with one attached hydrogen (secondary N) is 1. The van der Waals surface area contributed by atoms with Crippen LogP contribution in [0.15, 0.2) is 30.6 Å². The van der Waals surface area contributed by atoms with E-state index in [-0.39, 0.29) is 11.7 Å². The molecule has 1 atom stereocenters. The van der Waals surface area contributed by atoms with Gasteiger partial charge in [-0.05, 0) is 37.6 Å². The van der Waals surface area contributed by atoms with Gasteiger partial charge < -0.3 is 5.32 Å². The fourth-order valence-electron chi connectivity index (χ4n) is 2.43. The highest BCUT2D eigenvalue weighted by molar-refractivity contribution is 5.22. The quantitative estimate of drug-likeness (QED) is 0.760. The predicted molar refractivity (Wildman–Crippen MR) is 81.7 cm³/mol. The van der Waals surface area contributed by atoms with Crippen molar-refractivity contribution in [3.63, 3.8) is 0 Å². The minimum absolute atomic E-state index is 0.198. The first-order valence-corrected chi connectivity index (χ1v) is 7.57. The summed E-state index contributed by atoms with van der Waals surface area (Å²) in [6, 6.07) is 6.76. The molecule has 0 aliphatic rings. The van der Waals surface area contributed by atoms with Crippen LogP contribution in [0.25, 0.3) is 0 Å². The Balaban J connectivity index is 2.13. The predicted octanol–water partition coefficient (Wildman–Crippen LogP) is 2.76. The number of nitrogens with zero attached hydrogens (tertiary/aromatic N) is 3. The van der Waals surface area contributed by atoms with Gasteiger partial charge in [0.25, 0.3) is 0 Å². The number of aryl methyl sites for hydroxylation is 1. The molecule has 0 saturated heterocycles. The molecule has 114 valence electrons. The number of aromatic nitrogens is 3. The maximum Gasteiger partial charge on any atom is 0.138 e. The van der Waals surface area contributed by atoms with Crippen LogP contribution in [0.5, 0.6) is 0 Å². The molecule has 1 N–H and O–H groups in total. The van der Waals surface area contributed by atoms with Gasteiger partial charge >= 0.3 is 0 Å². The van der Waals surface area contributed by atoms with Crippen molar-refractivity contribution in [2.24, 2.45) is 0 Å². The third kappa shape index (κ3) is 4.36. The van der Waals surface area contributed by atoms with Crippen LogP contribution in [0, 0.1) is 5.82 Å². The number of halogens is 1. The lowest BCUT2D eigenvalue weighted by atomic mass is 9.95. The Labute approximate surface area is 125 Å². The van der Waals surface area contributed by atoms with Crippen LogP contribution in [0.2, 0.25) is 0 Å². The molecule has 0 saturated carbocycles. The SMILES string of the molecule is CCCNCC(Cc1ncnn1CC)c1ccc(F)cc1. The lowest BCUT2D eigenvalue weighted by molar-refractivity contribution is 0.535. The molecule has 5 heteroatoms. The van der Waals surface area contributed by atoms with Gasteiger partial charge in [-0.25, -0.2) is 9.37 Å². The van der Waals surface area contributed by atoms with Crippen LogP contribution >= 0.6 is 0 Å². The molecular weight excluding hydrogens is 267 g/mol. The molecule has 0 radical (unpaired) electrons. The van der Waals surface area contributed by atoms with Gasteiger partial charge in [0.05, 0.1) is 0 Å². The first-order valence-electron chi connectivity index (χ1n) is 7.57. The van der Waals surface area contributed by atoms with Crippen LogP contribution in [-0.2, 0) is 13.0 Å². The third-order valence-corrected chi connectivity index (χ3v) is 3.58. The van der Waals surface area contributed by atoms with Gasteiger partial charge in [-0.2, -0.15) is 5.10 Å². The Bertz CT molecular complexity index is 535. The maximum absolute atomic E-state index is 13.1. The number of rotatable bonds is 8. The zero-order valence-corrected chi connectivity index (χ0v) is 12.7. The van der Waals surface area contributed by atoms with E-state index in [4.69, 9.17) is 0 Å². The highest BCUT2D eigenvalue weighted by Gasteiger charge is 2.15. The fraction of sp³-hybridized carbons (Fsp3) is 0.500. The standard InChI is InChI=1S/C16H23FN4/c1-3-9-18-11-14(13-5-7-15(17)8-6-13)10-16-19-12-20-21(16)4-2/h5-8,12,14,18H,3-4,9-11H2,1-2H3. The topological polar surface area (TPSA) is 42.7 Å². The summed E-state index contributed by atoms with van der Waals surface area (Å²) in [7, 11) is 0. The Morgan fingerprint density at radius 3 is 2.67 bits per heavy atom. The Morgan fingerprint density at radius 2 is 2.00 bits per heavy atom. The molecule has 0 aliphatic heterocycles. The molecule has 0 amide bonds. The molecule has 0 aliphatic carbocycles. The Hall–Kier alpha value is -1.75. The molecule has 1 aromatic heterocycles.